The minimum atomic E-state index is -0.519. The van der Waals surface area contributed by atoms with Crippen LogP contribution in [0, 0.1) is 17.7 Å². The molecule has 1 unspecified atom stereocenters. The second-order valence-electron chi connectivity index (χ2n) is 11.5. The quantitative estimate of drug-likeness (QED) is 0.308. The van der Waals surface area contributed by atoms with Crippen molar-refractivity contribution in [1.82, 2.24) is 9.80 Å². The van der Waals surface area contributed by atoms with Crippen molar-refractivity contribution in [2.45, 2.75) is 31.3 Å². The average Bonchev–Trinajstić information content (AvgIpc) is 3.42. The number of hydrogen-bond acceptors (Lipinski definition) is 3. The zero-order valence-electron chi connectivity index (χ0n) is 22.8. The molecule has 0 saturated carbocycles. The maximum Gasteiger partial charge on any atom is 0.254 e. The van der Waals surface area contributed by atoms with E-state index < -0.39 is 6.10 Å². The van der Waals surface area contributed by atoms with E-state index in [1.807, 2.05) is 77.7 Å². The summed E-state index contributed by atoms with van der Waals surface area (Å²) in [5.41, 5.74) is 3.06. The van der Waals surface area contributed by atoms with Crippen molar-refractivity contribution in [2.75, 3.05) is 32.7 Å². The number of hydrogen-bond donors (Lipinski definition) is 1. The van der Waals surface area contributed by atoms with Crippen LogP contribution in [0.2, 0.25) is 0 Å². The van der Waals surface area contributed by atoms with E-state index in [1.165, 1.54) is 5.56 Å². The number of amides is 1. The van der Waals surface area contributed by atoms with E-state index in [9.17, 15) is 14.3 Å². The van der Waals surface area contributed by atoms with Crippen LogP contribution in [0.15, 0.2) is 97.1 Å². The Balaban J connectivity index is 1.18. The van der Waals surface area contributed by atoms with Gasteiger partial charge in [0, 0.05) is 31.1 Å². The molecule has 0 aliphatic carbocycles. The summed E-state index contributed by atoms with van der Waals surface area (Å²) in [4.78, 5) is 18.3. The van der Waals surface area contributed by atoms with E-state index in [1.54, 1.807) is 12.1 Å². The van der Waals surface area contributed by atoms with Gasteiger partial charge in [0.05, 0.1) is 6.10 Å². The highest BCUT2D eigenvalue weighted by atomic mass is 19.1. The summed E-state index contributed by atoms with van der Waals surface area (Å²) < 4.78 is 13.4. The Morgan fingerprint density at radius 3 is 2.33 bits per heavy atom. The number of aliphatic hydroxyl groups is 1. The molecule has 0 spiro atoms. The number of likely N-dealkylation sites (tertiary alicyclic amines) is 2. The van der Waals surface area contributed by atoms with Crippen LogP contribution in [-0.2, 0) is 6.42 Å². The lowest BCUT2D eigenvalue weighted by molar-refractivity contribution is 0.0706. The summed E-state index contributed by atoms with van der Waals surface area (Å²) in [5.74, 6) is 0.509. The molecule has 40 heavy (non-hydrogen) atoms. The normalized spacial score (nSPS) is 21.1. The largest absolute Gasteiger partial charge is 0.392 e. The van der Waals surface area contributed by atoms with Crippen LogP contribution in [0.4, 0.5) is 4.39 Å². The van der Waals surface area contributed by atoms with E-state index in [0.29, 0.717) is 25.4 Å². The Kier molecular flexibility index (Phi) is 7.94. The first-order valence-electron chi connectivity index (χ1n) is 14.5. The number of benzene rings is 4. The Morgan fingerprint density at radius 2 is 1.55 bits per heavy atom. The minimum Gasteiger partial charge on any atom is -0.392 e. The Morgan fingerprint density at radius 1 is 0.850 bits per heavy atom. The zero-order valence-corrected chi connectivity index (χ0v) is 22.8. The fraction of sp³-hybridized carbons (Fsp3) is 0.343. The van der Waals surface area contributed by atoms with E-state index in [2.05, 4.69) is 17.0 Å². The number of piperidine rings is 1. The third-order valence-corrected chi connectivity index (χ3v) is 9.00. The molecule has 4 nitrogen and oxygen atoms in total. The molecule has 6 rings (SSSR count). The van der Waals surface area contributed by atoms with Crippen molar-refractivity contribution in [1.29, 1.82) is 0 Å². The van der Waals surface area contributed by atoms with Crippen LogP contribution in [0.3, 0.4) is 0 Å². The second kappa shape index (κ2) is 11.9. The number of carbonyl (C=O) groups excluding carboxylic acids is 1. The van der Waals surface area contributed by atoms with Crippen LogP contribution >= 0.6 is 0 Å². The maximum absolute atomic E-state index is 13.9. The maximum atomic E-state index is 13.9. The molecular weight excluding hydrogens is 499 g/mol. The monoisotopic (exact) mass is 536 g/mol. The highest BCUT2D eigenvalue weighted by molar-refractivity contribution is 6.07. The first kappa shape index (κ1) is 26.7. The summed E-state index contributed by atoms with van der Waals surface area (Å²) in [6, 6.07) is 31.0. The molecule has 0 bridgehead atoms. The van der Waals surface area contributed by atoms with Crippen molar-refractivity contribution in [3.05, 3.63) is 120 Å². The Bertz CT molecular complexity index is 1430. The first-order valence-corrected chi connectivity index (χ1v) is 14.5. The molecule has 2 fully saturated rings. The second-order valence-corrected chi connectivity index (χ2v) is 11.5. The molecule has 4 aromatic rings. The van der Waals surface area contributed by atoms with Crippen LogP contribution < -0.4 is 0 Å². The third kappa shape index (κ3) is 5.81. The molecule has 1 N–H and O–H groups in total. The van der Waals surface area contributed by atoms with Crippen molar-refractivity contribution in [2.24, 2.45) is 11.8 Å². The minimum absolute atomic E-state index is 0.00829. The third-order valence-electron chi connectivity index (χ3n) is 9.00. The van der Waals surface area contributed by atoms with Gasteiger partial charge in [-0.25, -0.2) is 4.39 Å². The fourth-order valence-electron chi connectivity index (χ4n) is 6.80. The lowest BCUT2D eigenvalue weighted by Crippen LogP contribution is -2.40. The van der Waals surface area contributed by atoms with Gasteiger partial charge in [0.25, 0.3) is 5.91 Å². The van der Waals surface area contributed by atoms with Gasteiger partial charge in [0.2, 0.25) is 0 Å². The lowest BCUT2D eigenvalue weighted by Gasteiger charge is -2.35. The smallest absolute Gasteiger partial charge is 0.254 e. The summed E-state index contributed by atoms with van der Waals surface area (Å²) in [6.45, 7) is 4.02. The molecule has 2 aliphatic rings. The number of aliphatic hydroxyl groups excluding tert-OH is 1. The van der Waals surface area contributed by atoms with E-state index >= 15 is 0 Å². The summed E-state index contributed by atoms with van der Waals surface area (Å²) in [5, 5.41) is 13.5. The van der Waals surface area contributed by atoms with Crippen molar-refractivity contribution in [3.8, 4) is 0 Å². The SMILES string of the molecule is O=C(c1cccc2ccccc12)N1C[C@@H](CN2CCC(c3ccc(F)cc3)CC2)[C@H](C(O)Cc2ccccc2)C1. The Hall–Kier alpha value is -3.54. The topological polar surface area (TPSA) is 43.8 Å². The van der Waals surface area contributed by atoms with Gasteiger partial charge < -0.3 is 14.9 Å². The van der Waals surface area contributed by atoms with Crippen molar-refractivity contribution >= 4 is 16.7 Å². The number of halogens is 1. The highest BCUT2D eigenvalue weighted by Crippen LogP contribution is 2.34. The molecule has 0 radical (unpaired) electrons. The fourth-order valence-corrected chi connectivity index (χ4v) is 6.80. The van der Waals surface area contributed by atoms with Gasteiger partial charge in [-0.05, 0) is 84.3 Å². The number of fused-ring (bicyclic) bond motifs is 1. The molecule has 2 aliphatic heterocycles. The molecule has 3 atom stereocenters. The molecule has 1 amide bonds. The van der Waals surface area contributed by atoms with Crippen LogP contribution in [-0.4, -0.2) is 59.6 Å². The predicted octanol–water partition coefficient (Wildman–Crippen LogP) is 6.15. The number of rotatable bonds is 7. The summed E-state index contributed by atoms with van der Waals surface area (Å²) in [6.07, 6.45) is 2.14. The van der Waals surface area contributed by atoms with Gasteiger partial charge in [0.15, 0.2) is 0 Å². The standard InChI is InChI=1S/C35H37FN2O2/c36-30-15-13-26(14-16-30)27-17-19-37(20-18-27)22-29-23-38(24-33(29)34(39)21-25-7-2-1-3-8-25)35(40)32-12-6-10-28-9-4-5-11-31(28)32/h1-16,27,29,33-34,39H,17-24H2/t29-,33-,34?/m1/s1. The first-order chi connectivity index (χ1) is 19.5. The number of carbonyl (C=O) groups is 1. The number of nitrogens with zero attached hydrogens (tertiary/aromatic N) is 2. The molecular formula is C35H37FN2O2. The van der Waals surface area contributed by atoms with Crippen LogP contribution in [0.1, 0.15) is 40.2 Å². The van der Waals surface area contributed by atoms with Crippen LogP contribution in [0.5, 0.6) is 0 Å². The molecule has 0 aromatic heterocycles. The van der Waals surface area contributed by atoms with Gasteiger partial charge in [0.1, 0.15) is 5.82 Å². The summed E-state index contributed by atoms with van der Waals surface area (Å²) >= 11 is 0. The van der Waals surface area contributed by atoms with Gasteiger partial charge in [-0.1, -0.05) is 78.9 Å². The average molecular weight is 537 g/mol. The molecule has 2 saturated heterocycles. The van der Waals surface area contributed by atoms with Gasteiger partial charge in [-0.15, -0.1) is 0 Å². The van der Waals surface area contributed by atoms with Crippen molar-refractivity contribution < 1.29 is 14.3 Å². The van der Waals surface area contributed by atoms with Crippen molar-refractivity contribution in [3.63, 3.8) is 0 Å². The Labute approximate surface area is 236 Å². The lowest BCUT2D eigenvalue weighted by atomic mass is 9.85. The predicted molar refractivity (Wildman–Crippen MR) is 158 cm³/mol. The van der Waals surface area contributed by atoms with Gasteiger partial charge in [-0.3, -0.25) is 4.79 Å². The molecule has 5 heteroatoms. The summed E-state index contributed by atoms with van der Waals surface area (Å²) in [7, 11) is 0. The molecule has 2 heterocycles. The zero-order chi connectivity index (χ0) is 27.5. The van der Waals surface area contributed by atoms with E-state index in [0.717, 1.165) is 54.4 Å². The van der Waals surface area contributed by atoms with E-state index in [-0.39, 0.29) is 23.6 Å². The van der Waals surface area contributed by atoms with Crippen LogP contribution in [0.25, 0.3) is 10.8 Å². The van der Waals surface area contributed by atoms with Gasteiger partial charge >= 0.3 is 0 Å². The van der Waals surface area contributed by atoms with Gasteiger partial charge in [-0.2, -0.15) is 0 Å². The highest BCUT2D eigenvalue weighted by Gasteiger charge is 2.40. The van der Waals surface area contributed by atoms with E-state index in [4.69, 9.17) is 0 Å². The molecule has 206 valence electrons. The molecule has 4 aromatic carbocycles.